The minimum absolute atomic E-state index is 0.115. The van der Waals surface area contributed by atoms with Crippen molar-refractivity contribution in [3.63, 3.8) is 0 Å². The Morgan fingerprint density at radius 3 is 2.47 bits per heavy atom. The summed E-state index contributed by atoms with van der Waals surface area (Å²) in [7, 11) is 0. The maximum Gasteiger partial charge on any atom is 0.254 e. The van der Waals surface area contributed by atoms with Gasteiger partial charge in [0, 0.05) is 18.1 Å². The number of carbonyl (C=O) groups is 1. The predicted molar refractivity (Wildman–Crippen MR) is 61.4 cm³/mol. The van der Waals surface area contributed by atoms with Crippen LogP contribution in [0.2, 0.25) is 0 Å². The van der Waals surface area contributed by atoms with Gasteiger partial charge in [0.2, 0.25) is 0 Å². The lowest BCUT2D eigenvalue weighted by Gasteiger charge is -2.40. The normalized spacial score (nSPS) is 41.6. The Balaban J connectivity index is 1.69. The summed E-state index contributed by atoms with van der Waals surface area (Å²) in [5.41, 5.74) is 6.00. The molecule has 3 unspecified atom stereocenters. The SMILES string of the molecule is NC1CC2CCC(C1)N2C(=O)C1COCCO1. The van der Waals surface area contributed by atoms with Crippen LogP contribution in [-0.2, 0) is 14.3 Å². The number of carbonyl (C=O) groups excluding carboxylic acids is 1. The van der Waals surface area contributed by atoms with Crippen LogP contribution in [0.3, 0.4) is 0 Å². The molecule has 0 saturated carbocycles. The first kappa shape index (κ1) is 11.4. The molecular weight excluding hydrogens is 220 g/mol. The van der Waals surface area contributed by atoms with E-state index in [1.807, 2.05) is 4.90 Å². The van der Waals surface area contributed by atoms with Crippen molar-refractivity contribution < 1.29 is 14.3 Å². The first-order valence-corrected chi connectivity index (χ1v) is 6.53. The Labute approximate surface area is 101 Å². The number of nitrogens with two attached hydrogens (primary N) is 1. The number of hydrogen-bond acceptors (Lipinski definition) is 4. The van der Waals surface area contributed by atoms with E-state index in [4.69, 9.17) is 15.2 Å². The van der Waals surface area contributed by atoms with Crippen molar-refractivity contribution in [1.82, 2.24) is 4.90 Å². The van der Waals surface area contributed by atoms with Gasteiger partial charge in [-0.3, -0.25) is 4.79 Å². The molecule has 0 aliphatic carbocycles. The molecule has 0 spiro atoms. The zero-order valence-corrected chi connectivity index (χ0v) is 10.0. The number of piperidine rings is 1. The van der Waals surface area contributed by atoms with Gasteiger partial charge in [0.25, 0.3) is 5.91 Å². The van der Waals surface area contributed by atoms with E-state index >= 15 is 0 Å². The minimum Gasteiger partial charge on any atom is -0.376 e. The van der Waals surface area contributed by atoms with Crippen molar-refractivity contribution in [1.29, 1.82) is 0 Å². The molecule has 17 heavy (non-hydrogen) atoms. The van der Waals surface area contributed by atoms with Crippen LogP contribution < -0.4 is 5.73 Å². The van der Waals surface area contributed by atoms with E-state index in [1.54, 1.807) is 0 Å². The largest absolute Gasteiger partial charge is 0.376 e. The molecule has 0 aromatic heterocycles. The molecule has 2 bridgehead atoms. The molecule has 0 aromatic rings. The Bertz CT molecular complexity index is 290. The molecule has 5 nitrogen and oxygen atoms in total. The summed E-state index contributed by atoms with van der Waals surface area (Å²) in [6, 6.07) is 0.934. The van der Waals surface area contributed by atoms with Crippen LogP contribution in [0, 0.1) is 0 Å². The summed E-state index contributed by atoms with van der Waals surface area (Å²) in [6.45, 7) is 1.53. The number of hydrogen-bond donors (Lipinski definition) is 1. The average molecular weight is 240 g/mol. The van der Waals surface area contributed by atoms with Crippen molar-refractivity contribution in [3.05, 3.63) is 0 Å². The van der Waals surface area contributed by atoms with Crippen LogP contribution in [-0.4, -0.2) is 54.9 Å². The lowest BCUT2D eigenvalue weighted by molar-refractivity contribution is -0.162. The van der Waals surface area contributed by atoms with Crippen LogP contribution in [0.1, 0.15) is 25.7 Å². The Kier molecular flexibility index (Phi) is 3.06. The number of nitrogens with zero attached hydrogens (tertiary/aromatic N) is 1. The fraction of sp³-hybridized carbons (Fsp3) is 0.917. The molecule has 3 aliphatic heterocycles. The summed E-state index contributed by atoms with van der Waals surface area (Å²) < 4.78 is 10.8. The van der Waals surface area contributed by atoms with Gasteiger partial charge in [-0.05, 0) is 25.7 Å². The molecule has 5 heteroatoms. The van der Waals surface area contributed by atoms with Gasteiger partial charge in [0.1, 0.15) is 0 Å². The molecule has 0 aromatic carbocycles. The third-order valence-corrected chi connectivity index (χ3v) is 4.12. The molecule has 3 rings (SSSR count). The van der Waals surface area contributed by atoms with Gasteiger partial charge < -0.3 is 20.1 Å². The highest BCUT2D eigenvalue weighted by molar-refractivity contribution is 5.82. The van der Waals surface area contributed by atoms with E-state index < -0.39 is 0 Å². The highest BCUT2D eigenvalue weighted by Gasteiger charge is 2.44. The monoisotopic (exact) mass is 240 g/mol. The second-order valence-electron chi connectivity index (χ2n) is 5.30. The van der Waals surface area contributed by atoms with Crippen LogP contribution in [0.5, 0.6) is 0 Å². The van der Waals surface area contributed by atoms with Gasteiger partial charge in [0.15, 0.2) is 6.10 Å². The molecule has 2 N–H and O–H groups in total. The number of ether oxygens (including phenoxy) is 2. The molecular formula is C12H20N2O3. The van der Waals surface area contributed by atoms with E-state index in [-0.39, 0.29) is 18.1 Å². The lowest BCUT2D eigenvalue weighted by atomic mass is 9.97. The summed E-state index contributed by atoms with van der Waals surface area (Å²) in [5, 5.41) is 0. The van der Waals surface area contributed by atoms with E-state index in [9.17, 15) is 4.79 Å². The molecule has 3 heterocycles. The maximum absolute atomic E-state index is 12.4. The third kappa shape index (κ3) is 2.07. The maximum atomic E-state index is 12.4. The fourth-order valence-corrected chi connectivity index (χ4v) is 3.38. The smallest absolute Gasteiger partial charge is 0.254 e. The average Bonchev–Trinajstić information content (AvgIpc) is 2.62. The van der Waals surface area contributed by atoms with Gasteiger partial charge >= 0.3 is 0 Å². The fourth-order valence-electron chi connectivity index (χ4n) is 3.38. The van der Waals surface area contributed by atoms with Crippen LogP contribution in [0.15, 0.2) is 0 Å². The number of rotatable bonds is 1. The Hall–Kier alpha value is -0.650. The second-order valence-corrected chi connectivity index (χ2v) is 5.30. The van der Waals surface area contributed by atoms with Gasteiger partial charge in [-0.25, -0.2) is 0 Å². The van der Waals surface area contributed by atoms with E-state index in [0.717, 1.165) is 25.7 Å². The topological polar surface area (TPSA) is 64.8 Å². The van der Waals surface area contributed by atoms with Crippen molar-refractivity contribution >= 4 is 5.91 Å². The van der Waals surface area contributed by atoms with Crippen LogP contribution in [0.25, 0.3) is 0 Å². The Morgan fingerprint density at radius 1 is 1.18 bits per heavy atom. The van der Waals surface area contributed by atoms with E-state index in [1.165, 1.54) is 0 Å². The van der Waals surface area contributed by atoms with Gasteiger partial charge in [-0.2, -0.15) is 0 Å². The zero-order chi connectivity index (χ0) is 11.8. The highest BCUT2D eigenvalue weighted by atomic mass is 16.6. The Morgan fingerprint density at radius 2 is 1.88 bits per heavy atom. The van der Waals surface area contributed by atoms with Crippen molar-refractivity contribution in [2.24, 2.45) is 5.73 Å². The molecule has 96 valence electrons. The van der Waals surface area contributed by atoms with Gasteiger partial charge in [0.05, 0.1) is 19.8 Å². The van der Waals surface area contributed by atoms with Crippen LogP contribution in [0.4, 0.5) is 0 Å². The predicted octanol–water partition coefficient (Wildman–Crippen LogP) is -0.117. The van der Waals surface area contributed by atoms with Crippen molar-refractivity contribution in [3.8, 4) is 0 Å². The van der Waals surface area contributed by atoms with Crippen molar-refractivity contribution in [2.75, 3.05) is 19.8 Å². The quantitative estimate of drug-likeness (QED) is 0.694. The highest BCUT2D eigenvalue weighted by Crippen LogP contribution is 2.35. The second kappa shape index (κ2) is 4.55. The first-order chi connectivity index (χ1) is 8.25. The minimum atomic E-state index is -0.388. The lowest BCUT2D eigenvalue weighted by Crippen LogP contribution is -2.55. The summed E-state index contributed by atoms with van der Waals surface area (Å²) in [6.07, 6.45) is 3.68. The third-order valence-electron chi connectivity index (χ3n) is 4.12. The van der Waals surface area contributed by atoms with Gasteiger partial charge in [-0.15, -0.1) is 0 Å². The first-order valence-electron chi connectivity index (χ1n) is 6.53. The molecule has 3 aliphatic rings. The summed E-state index contributed by atoms with van der Waals surface area (Å²) >= 11 is 0. The van der Waals surface area contributed by atoms with Gasteiger partial charge in [-0.1, -0.05) is 0 Å². The molecule has 1 amide bonds. The van der Waals surface area contributed by atoms with E-state index in [2.05, 4.69) is 0 Å². The van der Waals surface area contributed by atoms with E-state index in [0.29, 0.717) is 31.9 Å². The molecule has 0 radical (unpaired) electrons. The molecule has 3 saturated heterocycles. The summed E-state index contributed by atoms with van der Waals surface area (Å²) in [5.74, 6) is 0.115. The standard InChI is InChI=1S/C12H20N2O3/c13-8-5-9-1-2-10(6-8)14(9)12(15)11-7-16-3-4-17-11/h8-11H,1-7,13H2. The molecule has 3 atom stereocenters. The van der Waals surface area contributed by atoms with Crippen molar-refractivity contribution in [2.45, 2.75) is 49.9 Å². The van der Waals surface area contributed by atoms with Crippen LogP contribution >= 0.6 is 0 Å². The number of amides is 1. The summed E-state index contributed by atoms with van der Waals surface area (Å²) in [4.78, 5) is 14.4. The zero-order valence-electron chi connectivity index (χ0n) is 10.0. The number of fused-ring (bicyclic) bond motifs is 2. The molecule has 3 fully saturated rings.